The van der Waals surface area contributed by atoms with Gasteiger partial charge in [-0.3, -0.25) is 4.79 Å². The van der Waals surface area contributed by atoms with Gasteiger partial charge >= 0.3 is 12.1 Å². The second kappa shape index (κ2) is 1.57. The summed E-state index contributed by atoms with van der Waals surface area (Å²) in [6, 6.07) is 0. The molecule has 0 aliphatic carbocycles. The van der Waals surface area contributed by atoms with Crippen LogP contribution in [0.15, 0.2) is 6.08 Å². The molecule has 0 aromatic heterocycles. The predicted octanol–water partition coefficient (Wildman–Crippen LogP) is -0.677. The summed E-state index contributed by atoms with van der Waals surface area (Å²) in [5, 5.41) is 0. The van der Waals surface area contributed by atoms with Crippen molar-refractivity contribution in [2.45, 2.75) is 6.42 Å². The molecule has 0 aromatic rings. The fourth-order valence-electron chi connectivity index (χ4n) is 0.361. The van der Waals surface area contributed by atoms with Gasteiger partial charge in [0.25, 0.3) is 0 Å². The Bertz CT molecular complexity index is 180. The van der Waals surface area contributed by atoms with Crippen molar-refractivity contribution in [3.63, 3.8) is 0 Å². The molecule has 0 saturated carbocycles. The van der Waals surface area contributed by atoms with E-state index in [1.165, 1.54) is 6.21 Å². The van der Waals surface area contributed by atoms with E-state index in [2.05, 4.69) is 10.5 Å². The molecule has 1 rings (SSSR count). The Morgan fingerprint density at radius 2 is 2.71 bits per heavy atom. The number of hydrogen-bond donors (Lipinski definition) is 0. The molecule has 0 atom stereocenters. The number of carbonyl (C=O) groups is 1. The molecule has 0 fully saturated rings. The molecule has 1 heterocycles. The van der Waals surface area contributed by atoms with E-state index < -0.39 is 0 Å². The van der Waals surface area contributed by atoms with Gasteiger partial charge in [-0.15, -0.1) is 0 Å². The quantitative estimate of drug-likeness (QED) is 0.366. The van der Waals surface area contributed by atoms with Crippen LogP contribution in [0.5, 0.6) is 0 Å². The summed E-state index contributed by atoms with van der Waals surface area (Å²) in [7, 11) is 0. The van der Waals surface area contributed by atoms with Crippen molar-refractivity contribution in [1.82, 2.24) is 4.67 Å². The Morgan fingerprint density at radius 3 is 3.00 bits per heavy atom. The maximum atomic E-state index is 10.2. The summed E-state index contributed by atoms with van der Waals surface area (Å²) >= 11 is 0. The zero-order valence-electron chi connectivity index (χ0n) is 3.72. The minimum atomic E-state index is 0.0544. The number of nitrogens with zero attached hydrogens (tertiary/aromatic N) is 1. The molecule has 1 aliphatic heterocycles. The number of Topliss-reactive ketones (excluding diaryl/α,β-unsaturated/α-hetero) is 1. The van der Waals surface area contributed by atoms with Gasteiger partial charge in [0.1, 0.15) is 0 Å². The summed E-state index contributed by atoms with van der Waals surface area (Å²) in [6.07, 6.45) is 3.35. The van der Waals surface area contributed by atoms with E-state index in [1.807, 2.05) is 0 Å². The molecule has 34 valence electrons. The molecular formula is C5H4NO+. The highest BCUT2D eigenvalue weighted by molar-refractivity contribution is 6.28. The molecule has 0 unspecified atom stereocenters. The van der Waals surface area contributed by atoms with Crippen LogP contribution in [-0.4, -0.2) is 17.9 Å². The first-order valence-corrected chi connectivity index (χ1v) is 2.03. The predicted molar refractivity (Wildman–Crippen MR) is 27.4 cm³/mol. The standard InChI is InChI=1S/C5H4NO/c7-5-2-1-3-6-4-5/h1,4H,2H2/q+1. The van der Waals surface area contributed by atoms with Crippen LogP contribution in [0.25, 0.3) is 0 Å². The van der Waals surface area contributed by atoms with Gasteiger partial charge in [0, 0.05) is 0 Å². The van der Waals surface area contributed by atoms with Crippen molar-refractivity contribution < 1.29 is 4.79 Å². The number of rotatable bonds is 0. The van der Waals surface area contributed by atoms with Crippen LogP contribution in [0.2, 0.25) is 0 Å². The molecule has 0 radical (unpaired) electrons. The second-order valence-corrected chi connectivity index (χ2v) is 1.26. The first-order chi connectivity index (χ1) is 3.39. The van der Waals surface area contributed by atoms with E-state index in [4.69, 9.17) is 0 Å². The van der Waals surface area contributed by atoms with E-state index in [0.717, 1.165) is 0 Å². The topological polar surface area (TPSA) is 31.2 Å². The third-order valence-corrected chi connectivity index (χ3v) is 0.678. The molecule has 0 saturated heterocycles. The van der Waals surface area contributed by atoms with Crippen molar-refractivity contribution in [1.29, 1.82) is 0 Å². The van der Waals surface area contributed by atoms with Gasteiger partial charge in [-0.05, 0) is 4.67 Å². The monoisotopic (exact) mass is 94.0 g/mol. The zero-order valence-corrected chi connectivity index (χ0v) is 3.72. The van der Waals surface area contributed by atoms with E-state index in [-0.39, 0.29) is 5.78 Å². The molecule has 2 heteroatoms. The average Bonchev–Trinajstić information content (AvgIpc) is 1.69. The molecular weight excluding hydrogens is 90.1 g/mol. The van der Waals surface area contributed by atoms with Gasteiger partial charge in [0.2, 0.25) is 5.78 Å². The van der Waals surface area contributed by atoms with Crippen LogP contribution < -0.4 is 4.67 Å². The van der Waals surface area contributed by atoms with E-state index >= 15 is 0 Å². The van der Waals surface area contributed by atoms with Crippen molar-refractivity contribution in [2.75, 3.05) is 0 Å². The van der Waals surface area contributed by atoms with Crippen molar-refractivity contribution in [3.05, 3.63) is 6.08 Å². The van der Waals surface area contributed by atoms with Crippen LogP contribution in [0.4, 0.5) is 0 Å². The molecule has 1 aliphatic rings. The smallest absolute Gasteiger partial charge is 0.286 e. The van der Waals surface area contributed by atoms with Gasteiger partial charge < -0.3 is 0 Å². The Balaban J connectivity index is 2.99. The lowest BCUT2D eigenvalue weighted by molar-refractivity contribution is -0.111. The lowest BCUT2D eigenvalue weighted by Crippen LogP contribution is -2.01. The van der Waals surface area contributed by atoms with Gasteiger partial charge in [-0.25, -0.2) is 0 Å². The SMILES string of the molecule is O=C1C=[N+]=C=CC1. The second-order valence-electron chi connectivity index (χ2n) is 1.26. The van der Waals surface area contributed by atoms with E-state index in [0.29, 0.717) is 6.42 Å². The minimum absolute atomic E-state index is 0.0544. The highest BCUT2D eigenvalue weighted by atomic mass is 16.1. The van der Waals surface area contributed by atoms with Crippen molar-refractivity contribution in [2.24, 2.45) is 0 Å². The maximum absolute atomic E-state index is 10.2. The summed E-state index contributed by atoms with van der Waals surface area (Å²) in [4.78, 5) is 10.2. The maximum Gasteiger partial charge on any atom is 0.348 e. The normalized spacial score (nSPS) is 15.7. The Hall–Kier alpha value is -1.10. The third-order valence-electron chi connectivity index (χ3n) is 0.678. The lowest BCUT2D eigenvalue weighted by Gasteiger charge is -1.71. The third kappa shape index (κ3) is 0.866. The van der Waals surface area contributed by atoms with Gasteiger partial charge in [-0.1, -0.05) is 0 Å². The molecule has 0 spiro atoms. The van der Waals surface area contributed by atoms with Crippen molar-refractivity contribution in [3.8, 4) is 0 Å². The number of hydrogen-bond acceptors (Lipinski definition) is 1. The van der Waals surface area contributed by atoms with Gasteiger partial charge in [-0.2, -0.15) is 0 Å². The molecule has 0 amide bonds. The van der Waals surface area contributed by atoms with E-state index in [9.17, 15) is 4.79 Å². The lowest BCUT2D eigenvalue weighted by atomic mass is 10.3. The van der Waals surface area contributed by atoms with Gasteiger partial charge in [0.05, 0.1) is 12.5 Å². The molecule has 2 nitrogen and oxygen atoms in total. The Kier molecular flexibility index (Phi) is 0.910. The first kappa shape index (κ1) is 4.07. The van der Waals surface area contributed by atoms with Gasteiger partial charge in [0.15, 0.2) is 0 Å². The first-order valence-electron chi connectivity index (χ1n) is 2.03. The fraction of sp³-hybridized carbons (Fsp3) is 0.200. The van der Waals surface area contributed by atoms with Crippen molar-refractivity contribution >= 4 is 17.9 Å². The number of ketones is 1. The van der Waals surface area contributed by atoms with E-state index in [1.54, 1.807) is 6.08 Å². The number of allylic oxidation sites excluding steroid dienone is 1. The largest absolute Gasteiger partial charge is 0.348 e. The zero-order chi connectivity index (χ0) is 5.11. The highest BCUT2D eigenvalue weighted by Gasteiger charge is 2.02. The summed E-state index contributed by atoms with van der Waals surface area (Å²) in [6.45, 7) is 0. The molecule has 0 aromatic carbocycles. The Morgan fingerprint density at radius 1 is 1.86 bits per heavy atom. The average molecular weight is 94.1 g/mol. The van der Waals surface area contributed by atoms with Crippen LogP contribution in [-0.2, 0) is 4.79 Å². The van der Waals surface area contributed by atoms with Crippen LogP contribution in [0.3, 0.4) is 0 Å². The number of carbonyl (C=O) groups excluding carboxylic acids is 1. The molecule has 0 bridgehead atoms. The summed E-state index contributed by atoms with van der Waals surface area (Å²) in [5.41, 5.74) is 0. The fourth-order valence-corrected chi connectivity index (χ4v) is 0.361. The molecule has 0 N–H and O–H groups in total. The van der Waals surface area contributed by atoms with Crippen LogP contribution in [0.1, 0.15) is 6.42 Å². The molecule has 7 heavy (non-hydrogen) atoms. The Labute approximate surface area is 40.9 Å². The minimum Gasteiger partial charge on any atom is -0.286 e. The highest BCUT2D eigenvalue weighted by Crippen LogP contribution is 1.77. The summed E-state index contributed by atoms with van der Waals surface area (Å²) < 4.78 is 3.48. The van der Waals surface area contributed by atoms with Crippen LogP contribution >= 0.6 is 0 Å². The van der Waals surface area contributed by atoms with Crippen LogP contribution in [0, 0.1) is 0 Å². The summed E-state index contributed by atoms with van der Waals surface area (Å²) in [5.74, 6) is 2.59.